The summed E-state index contributed by atoms with van der Waals surface area (Å²) in [6.07, 6.45) is -2.71. The number of anilines is 1. The van der Waals surface area contributed by atoms with Gasteiger partial charge < -0.3 is 24.8 Å². The summed E-state index contributed by atoms with van der Waals surface area (Å²) in [5, 5.41) is 4.25. The molecule has 2 aliphatic rings. The van der Waals surface area contributed by atoms with Gasteiger partial charge in [0.2, 0.25) is 0 Å². The molecule has 1 atom stereocenters. The van der Waals surface area contributed by atoms with Crippen LogP contribution in [0.3, 0.4) is 0 Å². The summed E-state index contributed by atoms with van der Waals surface area (Å²) in [5.41, 5.74) is -2.92. The SMILES string of the molecule is Cn1cc2c(c1C(=O)Nc1ccc(F)c(Cl)c1)OC[C@@]1(CCN(C(=O)C(=O)NC(C)(C)C(F)(F)F)C1)NS2. The van der Waals surface area contributed by atoms with Gasteiger partial charge in [-0.1, -0.05) is 11.6 Å². The Hall–Kier alpha value is -2.97. The number of nitrogens with one attached hydrogen (secondary N) is 3. The van der Waals surface area contributed by atoms with Crippen LogP contribution in [-0.2, 0) is 16.6 Å². The van der Waals surface area contributed by atoms with E-state index in [1.807, 2.05) is 0 Å². The molecule has 3 N–H and O–H groups in total. The minimum Gasteiger partial charge on any atom is -0.488 e. The van der Waals surface area contributed by atoms with Crippen LogP contribution in [-0.4, -0.2) is 64.1 Å². The van der Waals surface area contributed by atoms with Crippen LogP contribution in [0.5, 0.6) is 5.75 Å². The summed E-state index contributed by atoms with van der Waals surface area (Å²) >= 11 is 6.96. The van der Waals surface area contributed by atoms with Crippen LogP contribution in [0, 0.1) is 5.82 Å². The van der Waals surface area contributed by atoms with Crippen LogP contribution in [0.25, 0.3) is 0 Å². The van der Waals surface area contributed by atoms with Gasteiger partial charge in [-0.2, -0.15) is 13.2 Å². The first-order valence-corrected chi connectivity index (χ1v) is 12.5. The first kappa shape index (κ1) is 28.0. The molecule has 0 unspecified atom stereocenters. The van der Waals surface area contributed by atoms with Gasteiger partial charge in [0.1, 0.15) is 18.0 Å². The van der Waals surface area contributed by atoms with Crippen molar-refractivity contribution in [1.29, 1.82) is 0 Å². The highest BCUT2D eigenvalue weighted by molar-refractivity contribution is 7.97. The molecule has 1 saturated heterocycles. The zero-order valence-electron chi connectivity index (χ0n) is 20.5. The number of halogens is 5. The Morgan fingerprint density at radius 1 is 1.24 bits per heavy atom. The van der Waals surface area contributed by atoms with Crippen molar-refractivity contribution >= 4 is 47.0 Å². The molecule has 1 aromatic carbocycles. The van der Waals surface area contributed by atoms with Crippen LogP contribution in [0.1, 0.15) is 30.8 Å². The maximum Gasteiger partial charge on any atom is 0.410 e. The van der Waals surface area contributed by atoms with E-state index < -0.39 is 40.8 Å². The average molecular weight is 578 g/mol. The van der Waals surface area contributed by atoms with Crippen LogP contribution in [0.4, 0.5) is 23.2 Å². The third-order valence-electron chi connectivity index (χ3n) is 6.34. The van der Waals surface area contributed by atoms with Crippen molar-refractivity contribution < 1.29 is 36.7 Å². The highest BCUT2D eigenvalue weighted by Crippen LogP contribution is 2.40. The van der Waals surface area contributed by atoms with E-state index in [-0.39, 0.29) is 41.8 Å². The molecule has 9 nitrogen and oxygen atoms in total. The second kappa shape index (κ2) is 9.97. The number of ether oxygens (including phenoxy) is 1. The van der Waals surface area contributed by atoms with E-state index in [9.17, 15) is 31.9 Å². The van der Waals surface area contributed by atoms with Gasteiger partial charge in [-0.25, -0.2) is 9.11 Å². The molecule has 2 aliphatic heterocycles. The molecule has 1 spiro atoms. The second-order valence-corrected chi connectivity index (χ2v) is 10.9. The third kappa shape index (κ3) is 5.43. The second-order valence-electron chi connectivity index (χ2n) is 9.69. The number of aryl methyl sites for hydroxylation is 1. The summed E-state index contributed by atoms with van der Waals surface area (Å²) in [5.74, 6) is -3.30. The van der Waals surface area contributed by atoms with Crippen molar-refractivity contribution in [2.75, 3.05) is 25.0 Å². The number of alkyl halides is 3. The Kier molecular flexibility index (Phi) is 7.36. The van der Waals surface area contributed by atoms with Gasteiger partial charge in [0, 0.05) is 32.0 Å². The molecule has 0 radical (unpaired) electrons. The van der Waals surface area contributed by atoms with Gasteiger partial charge in [0.15, 0.2) is 11.4 Å². The Bertz CT molecular complexity index is 1300. The largest absolute Gasteiger partial charge is 0.488 e. The van der Waals surface area contributed by atoms with Gasteiger partial charge in [-0.15, -0.1) is 0 Å². The van der Waals surface area contributed by atoms with E-state index in [2.05, 4.69) is 10.0 Å². The van der Waals surface area contributed by atoms with Crippen LogP contribution in [0.2, 0.25) is 5.02 Å². The summed E-state index contributed by atoms with van der Waals surface area (Å²) in [6, 6.07) is 3.77. The van der Waals surface area contributed by atoms with Crippen molar-refractivity contribution in [2.45, 2.75) is 42.4 Å². The lowest BCUT2D eigenvalue weighted by Gasteiger charge is -2.30. The van der Waals surface area contributed by atoms with Crippen molar-refractivity contribution in [3.63, 3.8) is 0 Å². The van der Waals surface area contributed by atoms with Gasteiger partial charge in [0.25, 0.3) is 5.91 Å². The molecular weight excluding hydrogens is 554 g/mol. The number of benzene rings is 1. The fourth-order valence-corrected chi connectivity index (χ4v) is 5.21. The molecule has 3 amide bonds. The lowest BCUT2D eigenvalue weighted by atomic mass is 10.0. The predicted octanol–water partition coefficient (Wildman–Crippen LogP) is 3.49. The molecule has 0 bridgehead atoms. The number of likely N-dealkylation sites (tertiary alicyclic amines) is 1. The highest BCUT2D eigenvalue weighted by Gasteiger charge is 2.50. The lowest BCUT2D eigenvalue weighted by Crippen LogP contribution is -2.58. The van der Waals surface area contributed by atoms with Crippen LogP contribution in [0.15, 0.2) is 29.3 Å². The highest BCUT2D eigenvalue weighted by atomic mass is 35.5. The number of nitrogens with zero attached hydrogens (tertiary/aromatic N) is 2. The standard InChI is InChI=1S/C23H24ClF4N5O4S/c1-21(2,23(26,27)28)30-19(35)20(36)33-7-6-22(10-33)11-37-17-15(38-31-22)9-32(3)16(17)18(34)29-12-4-5-14(25)13(24)8-12/h4-5,8-9,31H,6-7,10-11H2,1-3H3,(H,29,34)(H,30,35)/t22-/m0/s1. The third-order valence-corrected chi connectivity index (χ3v) is 7.67. The summed E-state index contributed by atoms with van der Waals surface area (Å²) < 4.78 is 63.6. The lowest BCUT2D eigenvalue weighted by molar-refractivity contribution is -0.189. The molecule has 38 heavy (non-hydrogen) atoms. The fourth-order valence-electron chi connectivity index (χ4n) is 4.02. The molecule has 3 heterocycles. The smallest absolute Gasteiger partial charge is 0.410 e. The number of amides is 3. The molecular formula is C23H24ClF4N5O4S. The summed E-state index contributed by atoms with van der Waals surface area (Å²) in [4.78, 5) is 39.7. The van der Waals surface area contributed by atoms with Crippen LogP contribution >= 0.6 is 23.5 Å². The Labute approximate surface area is 224 Å². The first-order chi connectivity index (χ1) is 17.6. The zero-order valence-corrected chi connectivity index (χ0v) is 22.0. The van der Waals surface area contributed by atoms with Gasteiger partial charge in [-0.05, 0) is 50.4 Å². The number of carbonyl (C=O) groups excluding carboxylic acids is 3. The van der Waals surface area contributed by atoms with Crippen LogP contribution < -0.4 is 20.1 Å². The molecule has 206 valence electrons. The van der Waals surface area contributed by atoms with Crippen molar-refractivity contribution in [2.24, 2.45) is 7.05 Å². The molecule has 1 fully saturated rings. The number of hydrogen-bond acceptors (Lipinski definition) is 6. The van der Waals surface area contributed by atoms with Gasteiger partial charge in [-0.3, -0.25) is 14.4 Å². The van der Waals surface area contributed by atoms with E-state index in [0.717, 1.165) is 19.9 Å². The molecule has 0 saturated carbocycles. The maximum absolute atomic E-state index is 13.5. The Balaban J connectivity index is 1.44. The predicted molar refractivity (Wildman–Crippen MR) is 131 cm³/mol. The van der Waals surface area contributed by atoms with E-state index in [0.29, 0.717) is 11.3 Å². The van der Waals surface area contributed by atoms with E-state index in [1.165, 1.54) is 29.0 Å². The monoisotopic (exact) mass is 577 g/mol. The number of rotatable bonds is 3. The zero-order chi connectivity index (χ0) is 28.0. The normalized spacial score (nSPS) is 19.5. The minimum atomic E-state index is -4.73. The topological polar surface area (TPSA) is 105 Å². The van der Waals surface area contributed by atoms with E-state index >= 15 is 0 Å². The van der Waals surface area contributed by atoms with Gasteiger partial charge in [0.05, 0.1) is 15.5 Å². The quantitative estimate of drug-likeness (QED) is 0.293. The van der Waals surface area contributed by atoms with Crippen molar-refractivity contribution in [3.05, 3.63) is 40.9 Å². The Morgan fingerprint density at radius 3 is 2.61 bits per heavy atom. The number of fused-ring (bicyclic) bond motifs is 1. The van der Waals surface area contributed by atoms with E-state index in [1.54, 1.807) is 23.1 Å². The van der Waals surface area contributed by atoms with Crippen molar-refractivity contribution in [1.82, 2.24) is 19.5 Å². The molecule has 2 aromatic rings. The summed E-state index contributed by atoms with van der Waals surface area (Å²) in [6.45, 7) is 1.68. The molecule has 4 rings (SSSR count). The summed E-state index contributed by atoms with van der Waals surface area (Å²) in [7, 11) is 1.65. The number of aromatic nitrogens is 1. The van der Waals surface area contributed by atoms with Gasteiger partial charge >= 0.3 is 18.0 Å². The molecule has 1 aromatic heterocycles. The maximum atomic E-state index is 13.5. The first-order valence-electron chi connectivity index (χ1n) is 11.3. The fraction of sp³-hybridized carbons (Fsp3) is 0.435. The number of carbonyl (C=O) groups is 3. The molecule has 15 heteroatoms. The molecule has 0 aliphatic carbocycles. The van der Waals surface area contributed by atoms with E-state index in [4.69, 9.17) is 16.3 Å². The van der Waals surface area contributed by atoms with Crippen molar-refractivity contribution in [3.8, 4) is 5.75 Å². The number of hydrogen-bond donors (Lipinski definition) is 3. The Morgan fingerprint density at radius 2 is 1.95 bits per heavy atom. The minimum absolute atomic E-state index is 0.00467. The average Bonchev–Trinajstić information content (AvgIpc) is 3.33.